The summed E-state index contributed by atoms with van der Waals surface area (Å²) in [5.74, 6) is 0. The topological polar surface area (TPSA) is 32.8 Å². The van der Waals surface area contributed by atoms with Gasteiger partial charge in [0.05, 0.1) is 0 Å². The fourth-order valence-corrected chi connectivity index (χ4v) is 8.54. The molecule has 2 heterocycles. The predicted octanol–water partition coefficient (Wildman–Crippen LogP) is 16.0. The normalized spacial score (nSPS) is 11.8. The summed E-state index contributed by atoms with van der Waals surface area (Å²) in [5, 5.41) is 8.76. The molecule has 0 atom stereocenters. The monoisotopic (exact) mass is 748 g/mol. The summed E-state index contributed by atoms with van der Waals surface area (Å²) in [6.45, 7) is 8.50. The largest absolute Gasteiger partial charge is 0.455 e. The number of rotatable bonds is 6. The van der Waals surface area contributed by atoms with Gasteiger partial charge in [0.25, 0.3) is 0 Å². The third kappa shape index (κ3) is 5.60. The summed E-state index contributed by atoms with van der Waals surface area (Å²) in [5.41, 5.74) is 15.0. The zero-order valence-corrected chi connectivity index (χ0v) is 32.9. The molecule has 0 aliphatic heterocycles. The predicted molar refractivity (Wildman–Crippen MR) is 244 cm³/mol. The second-order valence-electron chi connectivity index (χ2n) is 15.8. The number of anilines is 6. The Morgan fingerprint density at radius 2 is 0.586 bits per heavy atom. The number of hydrogen-bond acceptors (Lipinski definition) is 4. The summed E-state index contributed by atoms with van der Waals surface area (Å²) < 4.78 is 13.4. The molecule has 0 aliphatic carbocycles. The van der Waals surface area contributed by atoms with Crippen molar-refractivity contribution in [2.45, 2.75) is 27.7 Å². The lowest BCUT2D eigenvalue weighted by Crippen LogP contribution is -2.09. The van der Waals surface area contributed by atoms with Crippen molar-refractivity contribution in [2.24, 2.45) is 0 Å². The van der Waals surface area contributed by atoms with E-state index in [0.29, 0.717) is 0 Å². The number of nitrogens with zero attached hydrogens (tertiary/aromatic N) is 2. The van der Waals surface area contributed by atoms with Crippen LogP contribution < -0.4 is 9.80 Å². The maximum atomic E-state index is 6.71. The smallest absolute Gasteiger partial charge is 0.143 e. The first-order valence-electron chi connectivity index (χ1n) is 19.9. The van der Waals surface area contributed by atoms with Gasteiger partial charge in [-0.25, -0.2) is 0 Å². The van der Waals surface area contributed by atoms with E-state index >= 15 is 0 Å². The Kier molecular flexibility index (Phi) is 7.70. The van der Waals surface area contributed by atoms with Gasteiger partial charge in [0.15, 0.2) is 0 Å². The zero-order chi connectivity index (χ0) is 39.1. The highest BCUT2D eigenvalue weighted by Gasteiger charge is 2.20. The molecule has 0 radical (unpaired) electrons. The first kappa shape index (κ1) is 34.0. The minimum absolute atomic E-state index is 0.817. The molecule has 0 spiro atoms. The van der Waals surface area contributed by atoms with Gasteiger partial charge in [0.2, 0.25) is 0 Å². The summed E-state index contributed by atoms with van der Waals surface area (Å²) in [4.78, 5) is 4.63. The van der Waals surface area contributed by atoms with Crippen LogP contribution in [0.3, 0.4) is 0 Å². The van der Waals surface area contributed by atoms with E-state index in [2.05, 4.69) is 207 Å². The van der Waals surface area contributed by atoms with Crippen LogP contribution in [0.4, 0.5) is 34.1 Å². The number of hydrogen-bond donors (Lipinski definition) is 0. The summed E-state index contributed by atoms with van der Waals surface area (Å²) >= 11 is 0. The number of aryl methyl sites for hydroxylation is 4. The third-order valence-electron chi connectivity index (χ3n) is 11.7. The zero-order valence-electron chi connectivity index (χ0n) is 32.9. The van der Waals surface area contributed by atoms with E-state index in [0.717, 1.165) is 99.5 Å². The van der Waals surface area contributed by atoms with E-state index in [1.54, 1.807) is 0 Å². The van der Waals surface area contributed by atoms with Crippen molar-refractivity contribution in [3.8, 4) is 0 Å². The van der Waals surface area contributed by atoms with Gasteiger partial charge < -0.3 is 18.6 Å². The van der Waals surface area contributed by atoms with E-state index in [-0.39, 0.29) is 0 Å². The van der Waals surface area contributed by atoms with E-state index in [1.165, 1.54) is 22.3 Å². The van der Waals surface area contributed by atoms with E-state index in [9.17, 15) is 0 Å². The molecular weight excluding hydrogens is 709 g/mol. The molecule has 0 amide bonds. The van der Waals surface area contributed by atoms with E-state index < -0.39 is 0 Å². The Hall–Kier alpha value is -7.30. The van der Waals surface area contributed by atoms with Crippen LogP contribution in [0.1, 0.15) is 22.3 Å². The number of fused-ring (bicyclic) bond motifs is 10. The molecule has 278 valence electrons. The van der Waals surface area contributed by atoms with Crippen LogP contribution in [-0.2, 0) is 0 Å². The molecular formula is C54H40N2O2. The maximum Gasteiger partial charge on any atom is 0.143 e. The van der Waals surface area contributed by atoms with Gasteiger partial charge in [-0.2, -0.15) is 0 Å². The summed E-state index contributed by atoms with van der Waals surface area (Å²) in [6, 6.07) is 61.3. The molecule has 0 bridgehead atoms. The van der Waals surface area contributed by atoms with Crippen molar-refractivity contribution in [1.29, 1.82) is 0 Å². The molecule has 11 rings (SSSR count). The standard InChI is InChI=1S/C54H40N2O2/c1-33-5-15-39(16-6-33)55(40-17-7-34(2)8-18-40)43-23-27-45-37(29-43)13-25-47-49-31-50-48-26-14-38-30-44(24-28-46(38)54(48)58-52(50)32-51(49)57-53(45)47)56(41-19-9-35(3)10-20-41)42-21-11-36(4)12-22-42/h5-32H,1-4H3. The van der Waals surface area contributed by atoms with Crippen molar-refractivity contribution in [2.75, 3.05) is 9.80 Å². The summed E-state index contributed by atoms with van der Waals surface area (Å²) in [7, 11) is 0. The second kappa shape index (κ2) is 13.1. The average Bonchev–Trinajstić information content (AvgIpc) is 3.80. The van der Waals surface area contributed by atoms with Crippen molar-refractivity contribution < 1.29 is 8.83 Å². The van der Waals surface area contributed by atoms with Gasteiger partial charge in [-0.15, -0.1) is 0 Å². The van der Waals surface area contributed by atoms with E-state index in [4.69, 9.17) is 8.83 Å². The number of benzene rings is 9. The van der Waals surface area contributed by atoms with Crippen molar-refractivity contribution in [3.63, 3.8) is 0 Å². The molecule has 0 saturated heterocycles. The van der Waals surface area contributed by atoms with Gasteiger partial charge in [-0.05, 0) is 142 Å². The quantitative estimate of drug-likeness (QED) is 0.170. The number of furan rings is 2. The highest BCUT2D eigenvalue weighted by Crippen LogP contribution is 2.44. The molecule has 0 aliphatic rings. The summed E-state index contributed by atoms with van der Waals surface area (Å²) in [6.07, 6.45) is 0. The van der Waals surface area contributed by atoms with E-state index in [1.807, 2.05) is 0 Å². The molecule has 4 heteroatoms. The molecule has 0 unspecified atom stereocenters. The van der Waals surface area contributed by atoms with Crippen LogP contribution in [0.25, 0.3) is 65.4 Å². The molecule has 0 N–H and O–H groups in total. The van der Waals surface area contributed by atoms with Gasteiger partial charge in [0.1, 0.15) is 22.3 Å². The molecule has 58 heavy (non-hydrogen) atoms. The minimum atomic E-state index is 0.817. The first-order valence-corrected chi connectivity index (χ1v) is 19.9. The first-order chi connectivity index (χ1) is 28.3. The SMILES string of the molecule is Cc1ccc(N(c2ccc(C)cc2)c2ccc3c(ccc4c5cc6c(cc5oc34)oc3c4ccc(N(c5ccc(C)cc5)c5ccc(C)cc5)cc4ccc63)c2)cc1. The maximum absolute atomic E-state index is 6.71. The molecule has 2 aromatic heterocycles. The van der Waals surface area contributed by atoms with Crippen LogP contribution in [0.2, 0.25) is 0 Å². The third-order valence-corrected chi connectivity index (χ3v) is 11.7. The van der Waals surface area contributed by atoms with Gasteiger partial charge in [0, 0.05) is 72.5 Å². The lowest BCUT2D eigenvalue weighted by Gasteiger charge is -2.26. The van der Waals surface area contributed by atoms with Crippen LogP contribution in [0, 0.1) is 27.7 Å². The molecule has 4 nitrogen and oxygen atoms in total. The van der Waals surface area contributed by atoms with Gasteiger partial charge >= 0.3 is 0 Å². The van der Waals surface area contributed by atoms with Gasteiger partial charge in [-0.3, -0.25) is 0 Å². The molecule has 9 aromatic carbocycles. The minimum Gasteiger partial charge on any atom is -0.455 e. The lowest BCUT2D eigenvalue weighted by atomic mass is 10.0. The van der Waals surface area contributed by atoms with Crippen LogP contribution in [-0.4, -0.2) is 0 Å². The lowest BCUT2D eigenvalue weighted by molar-refractivity contribution is 0.660. The Bertz CT molecular complexity index is 3040. The molecule has 0 fully saturated rings. The Morgan fingerprint density at radius 1 is 0.276 bits per heavy atom. The van der Waals surface area contributed by atoms with Crippen molar-refractivity contribution in [1.82, 2.24) is 0 Å². The highest BCUT2D eigenvalue weighted by atomic mass is 16.3. The Morgan fingerprint density at radius 3 is 0.931 bits per heavy atom. The fourth-order valence-electron chi connectivity index (χ4n) is 8.54. The molecule has 0 saturated carbocycles. The fraction of sp³-hybridized carbons (Fsp3) is 0.0741. The second-order valence-corrected chi connectivity index (χ2v) is 15.8. The van der Waals surface area contributed by atoms with Crippen molar-refractivity contribution >= 4 is 99.5 Å². The van der Waals surface area contributed by atoms with Gasteiger partial charge in [-0.1, -0.05) is 82.9 Å². The van der Waals surface area contributed by atoms with Crippen LogP contribution in [0.15, 0.2) is 179 Å². The van der Waals surface area contributed by atoms with Crippen LogP contribution >= 0.6 is 0 Å². The molecule has 11 aromatic rings. The average molecular weight is 749 g/mol. The Balaban J connectivity index is 1.00. The van der Waals surface area contributed by atoms with Crippen LogP contribution in [0.5, 0.6) is 0 Å². The van der Waals surface area contributed by atoms with Crippen molar-refractivity contribution in [3.05, 3.63) is 192 Å². The Labute approximate surface area is 336 Å². The highest BCUT2D eigenvalue weighted by molar-refractivity contribution is 6.22.